The SMILES string of the molecule is CN(Cc1ccc2ccccc2c1)C(=O)CCCc1nc2ccccc2[nH]1. The lowest BCUT2D eigenvalue weighted by atomic mass is 10.1. The number of nitrogens with one attached hydrogen (secondary N) is 1. The molecule has 0 spiro atoms. The minimum Gasteiger partial charge on any atom is -0.342 e. The largest absolute Gasteiger partial charge is 0.342 e. The molecule has 0 aliphatic rings. The first-order chi connectivity index (χ1) is 13.2. The number of amides is 1. The number of aryl methyl sites for hydroxylation is 1. The van der Waals surface area contributed by atoms with Crippen molar-refractivity contribution in [1.82, 2.24) is 14.9 Å². The molecule has 1 amide bonds. The van der Waals surface area contributed by atoms with Crippen LogP contribution in [0.3, 0.4) is 0 Å². The molecule has 4 heteroatoms. The minimum atomic E-state index is 0.166. The van der Waals surface area contributed by atoms with Crippen LogP contribution in [-0.4, -0.2) is 27.8 Å². The number of hydrogen-bond donors (Lipinski definition) is 1. The van der Waals surface area contributed by atoms with Gasteiger partial charge >= 0.3 is 0 Å². The quantitative estimate of drug-likeness (QED) is 0.544. The molecular formula is C23H23N3O. The third-order valence-corrected chi connectivity index (χ3v) is 4.90. The number of fused-ring (bicyclic) bond motifs is 2. The van der Waals surface area contributed by atoms with Gasteiger partial charge in [0.15, 0.2) is 0 Å². The number of hydrogen-bond acceptors (Lipinski definition) is 2. The van der Waals surface area contributed by atoms with Crippen LogP contribution in [0.1, 0.15) is 24.2 Å². The summed E-state index contributed by atoms with van der Waals surface area (Å²) in [5, 5.41) is 2.43. The van der Waals surface area contributed by atoms with Crippen molar-refractivity contribution in [2.24, 2.45) is 0 Å². The van der Waals surface area contributed by atoms with Crippen LogP contribution in [-0.2, 0) is 17.8 Å². The average molecular weight is 357 g/mol. The fourth-order valence-electron chi connectivity index (χ4n) is 3.42. The van der Waals surface area contributed by atoms with E-state index in [1.807, 2.05) is 48.3 Å². The van der Waals surface area contributed by atoms with Crippen molar-refractivity contribution in [3.8, 4) is 0 Å². The molecule has 0 saturated heterocycles. The highest BCUT2D eigenvalue weighted by molar-refractivity contribution is 5.83. The Morgan fingerprint density at radius 2 is 1.78 bits per heavy atom. The van der Waals surface area contributed by atoms with Gasteiger partial charge in [0.05, 0.1) is 11.0 Å². The summed E-state index contributed by atoms with van der Waals surface area (Å²) in [6.07, 6.45) is 2.10. The standard InChI is InChI=1S/C23H23N3O/c1-26(16-17-13-14-18-7-2-3-8-19(18)15-17)23(27)12-6-11-22-24-20-9-4-5-10-21(20)25-22/h2-5,7-10,13-15H,6,11-12,16H2,1H3,(H,24,25). The monoisotopic (exact) mass is 357 g/mol. The van der Waals surface area contributed by atoms with Gasteiger partial charge in [0.2, 0.25) is 5.91 Å². The summed E-state index contributed by atoms with van der Waals surface area (Å²) in [7, 11) is 1.87. The van der Waals surface area contributed by atoms with Crippen LogP contribution < -0.4 is 0 Å². The zero-order valence-corrected chi connectivity index (χ0v) is 15.5. The molecule has 0 aliphatic heterocycles. The lowest BCUT2D eigenvalue weighted by Gasteiger charge is -2.17. The summed E-state index contributed by atoms with van der Waals surface area (Å²) in [4.78, 5) is 22.2. The highest BCUT2D eigenvalue weighted by Crippen LogP contribution is 2.17. The van der Waals surface area contributed by atoms with E-state index in [9.17, 15) is 4.79 Å². The number of aromatic amines is 1. The molecule has 136 valence electrons. The molecule has 0 unspecified atom stereocenters. The molecule has 1 aromatic heterocycles. The number of nitrogens with zero attached hydrogens (tertiary/aromatic N) is 2. The average Bonchev–Trinajstić information content (AvgIpc) is 3.10. The molecule has 3 aromatic carbocycles. The van der Waals surface area contributed by atoms with Crippen LogP contribution in [0.15, 0.2) is 66.7 Å². The van der Waals surface area contributed by atoms with Gasteiger partial charge in [0.1, 0.15) is 5.82 Å². The second kappa shape index (κ2) is 7.62. The lowest BCUT2D eigenvalue weighted by molar-refractivity contribution is -0.130. The Morgan fingerprint density at radius 3 is 2.63 bits per heavy atom. The van der Waals surface area contributed by atoms with E-state index in [2.05, 4.69) is 40.3 Å². The van der Waals surface area contributed by atoms with Gasteiger partial charge in [-0.15, -0.1) is 0 Å². The Bertz CT molecular complexity index is 1050. The van der Waals surface area contributed by atoms with E-state index in [0.717, 1.165) is 35.3 Å². The first kappa shape index (κ1) is 17.3. The van der Waals surface area contributed by atoms with Gasteiger partial charge in [0, 0.05) is 26.4 Å². The second-order valence-corrected chi connectivity index (χ2v) is 6.99. The third kappa shape index (κ3) is 4.00. The van der Waals surface area contributed by atoms with Gasteiger partial charge in [-0.25, -0.2) is 4.98 Å². The van der Waals surface area contributed by atoms with Crippen molar-refractivity contribution in [1.29, 1.82) is 0 Å². The van der Waals surface area contributed by atoms with Gasteiger partial charge in [-0.3, -0.25) is 4.79 Å². The fourth-order valence-corrected chi connectivity index (χ4v) is 3.42. The molecule has 0 bridgehead atoms. The lowest BCUT2D eigenvalue weighted by Crippen LogP contribution is -2.26. The summed E-state index contributed by atoms with van der Waals surface area (Å²) in [6, 6.07) is 22.7. The van der Waals surface area contributed by atoms with Gasteiger partial charge < -0.3 is 9.88 Å². The van der Waals surface area contributed by atoms with E-state index in [-0.39, 0.29) is 5.91 Å². The highest BCUT2D eigenvalue weighted by Gasteiger charge is 2.10. The van der Waals surface area contributed by atoms with E-state index in [1.165, 1.54) is 10.8 Å². The predicted molar refractivity (Wildman–Crippen MR) is 109 cm³/mol. The van der Waals surface area contributed by atoms with Crippen LogP contribution in [0.5, 0.6) is 0 Å². The van der Waals surface area contributed by atoms with Gasteiger partial charge in [0.25, 0.3) is 0 Å². The Kier molecular flexibility index (Phi) is 4.88. The summed E-state index contributed by atoms with van der Waals surface area (Å²) in [6.45, 7) is 0.633. The maximum Gasteiger partial charge on any atom is 0.222 e. The van der Waals surface area contributed by atoms with Crippen molar-refractivity contribution in [3.63, 3.8) is 0 Å². The molecule has 0 saturated carbocycles. The van der Waals surface area contributed by atoms with E-state index in [1.54, 1.807) is 0 Å². The maximum absolute atomic E-state index is 12.5. The van der Waals surface area contributed by atoms with Crippen molar-refractivity contribution >= 4 is 27.7 Å². The number of para-hydroxylation sites is 2. The van der Waals surface area contributed by atoms with Crippen molar-refractivity contribution in [2.45, 2.75) is 25.8 Å². The molecular weight excluding hydrogens is 334 g/mol. The molecule has 1 heterocycles. The van der Waals surface area contributed by atoms with Gasteiger partial charge in [-0.05, 0) is 41.0 Å². The normalized spacial score (nSPS) is 11.1. The van der Waals surface area contributed by atoms with E-state index in [4.69, 9.17) is 0 Å². The Hall–Kier alpha value is -3.14. The first-order valence-corrected chi connectivity index (χ1v) is 9.34. The van der Waals surface area contributed by atoms with E-state index in [0.29, 0.717) is 13.0 Å². The number of carbonyl (C=O) groups excluding carboxylic acids is 1. The molecule has 27 heavy (non-hydrogen) atoms. The predicted octanol–water partition coefficient (Wildman–Crippen LogP) is 4.70. The second-order valence-electron chi connectivity index (χ2n) is 6.99. The summed E-state index contributed by atoms with van der Waals surface area (Å²) >= 11 is 0. The number of carbonyl (C=O) groups is 1. The zero-order valence-electron chi connectivity index (χ0n) is 15.5. The van der Waals surface area contributed by atoms with Crippen LogP contribution >= 0.6 is 0 Å². The third-order valence-electron chi connectivity index (χ3n) is 4.90. The first-order valence-electron chi connectivity index (χ1n) is 9.34. The number of H-pyrrole nitrogens is 1. The summed E-state index contributed by atoms with van der Waals surface area (Å²) in [5.41, 5.74) is 3.18. The topological polar surface area (TPSA) is 49.0 Å². The van der Waals surface area contributed by atoms with Crippen LogP contribution in [0, 0.1) is 0 Å². The van der Waals surface area contributed by atoms with Crippen LogP contribution in [0.25, 0.3) is 21.8 Å². The number of aromatic nitrogens is 2. The molecule has 0 fully saturated rings. The number of rotatable bonds is 6. The van der Waals surface area contributed by atoms with Crippen LogP contribution in [0.4, 0.5) is 0 Å². The van der Waals surface area contributed by atoms with Crippen molar-refractivity contribution in [3.05, 3.63) is 78.1 Å². The maximum atomic E-state index is 12.5. The summed E-state index contributed by atoms with van der Waals surface area (Å²) in [5.74, 6) is 1.11. The van der Waals surface area contributed by atoms with E-state index >= 15 is 0 Å². The Balaban J connectivity index is 1.31. The molecule has 0 atom stereocenters. The highest BCUT2D eigenvalue weighted by atomic mass is 16.2. The molecule has 4 aromatic rings. The molecule has 0 aliphatic carbocycles. The van der Waals surface area contributed by atoms with E-state index < -0.39 is 0 Å². The smallest absolute Gasteiger partial charge is 0.222 e. The zero-order chi connectivity index (χ0) is 18.6. The molecule has 4 nitrogen and oxygen atoms in total. The molecule has 0 radical (unpaired) electrons. The minimum absolute atomic E-state index is 0.166. The molecule has 4 rings (SSSR count). The summed E-state index contributed by atoms with van der Waals surface area (Å²) < 4.78 is 0. The van der Waals surface area contributed by atoms with Crippen molar-refractivity contribution in [2.75, 3.05) is 7.05 Å². The number of imidazole rings is 1. The van der Waals surface area contributed by atoms with Gasteiger partial charge in [-0.1, -0.05) is 48.5 Å². The van der Waals surface area contributed by atoms with Gasteiger partial charge in [-0.2, -0.15) is 0 Å². The Morgan fingerprint density at radius 1 is 1.00 bits per heavy atom. The number of benzene rings is 3. The Labute approximate surface area is 158 Å². The molecule has 1 N–H and O–H groups in total. The fraction of sp³-hybridized carbons (Fsp3) is 0.217. The van der Waals surface area contributed by atoms with Crippen molar-refractivity contribution < 1.29 is 4.79 Å². The van der Waals surface area contributed by atoms with Crippen LogP contribution in [0.2, 0.25) is 0 Å².